The van der Waals surface area contributed by atoms with E-state index in [2.05, 4.69) is 23.8 Å². The largest absolute Gasteiger partial charge is 0.326 e. The van der Waals surface area contributed by atoms with Gasteiger partial charge >= 0.3 is 6.03 Å². The number of hydrogen-bond donors (Lipinski definition) is 0. The molecule has 1 aliphatic heterocycles. The standard InChI is InChI=1S/C19H24N4O2S/c1-13(2)12-22-10-11-23(19(22)25)18-21-14(3)17(26-18)16(24)8-7-15-6-4-5-9-20-15/h4-6,9,13H,7-8,10-12H2,1-3H3. The first kappa shape index (κ1) is 18.5. The molecule has 2 amide bonds. The van der Waals surface area contributed by atoms with Crippen LogP contribution >= 0.6 is 11.3 Å². The summed E-state index contributed by atoms with van der Waals surface area (Å²) in [6, 6.07) is 5.69. The van der Waals surface area contributed by atoms with Gasteiger partial charge in [-0.3, -0.25) is 14.7 Å². The van der Waals surface area contributed by atoms with Crippen molar-refractivity contribution < 1.29 is 9.59 Å². The van der Waals surface area contributed by atoms with Crippen molar-refractivity contribution in [2.24, 2.45) is 5.92 Å². The molecule has 6 nitrogen and oxygen atoms in total. The number of carbonyl (C=O) groups is 2. The SMILES string of the molecule is Cc1nc(N2CCN(CC(C)C)C2=O)sc1C(=O)CCc1ccccn1. The first-order valence-corrected chi connectivity index (χ1v) is 9.74. The Hall–Kier alpha value is -2.28. The molecule has 0 atom stereocenters. The Labute approximate surface area is 157 Å². The van der Waals surface area contributed by atoms with Crippen molar-refractivity contribution in [1.29, 1.82) is 0 Å². The van der Waals surface area contributed by atoms with Crippen LogP contribution in [-0.4, -0.2) is 46.3 Å². The monoisotopic (exact) mass is 372 g/mol. The fraction of sp³-hybridized carbons (Fsp3) is 0.474. The maximum atomic E-state index is 12.6. The van der Waals surface area contributed by atoms with Gasteiger partial charge in [0.2, 0.25) is 0 Å². The number of pyridine rings is 1. The second-order valence-electron chi connectivity index (χ2n) is 6.93. The van der Waals surface area contributed by atoms with Crippen molar-refractivity contribution >= 4 is 28.3 Å². The maximum absolute atomic E-state index is 12.6. The zero-order valence-corrected chi connectivity index (χ0v) is 16.3. The minimum atomic E-state index is -0.0139. The number of urea groups is 1. The van der Waals surface area contributed by atoms with Gasteiger partial charge in [0.05, 0.1) is 10.6 Å². The minimum absolute atomic E-state index is 0.0139. The molecule has 0 radical (unpaired) electrons. The number of rotatable bonds is 7. The molecular formula is C19H24N4O2S. The molecule has 2 aromatic heterocycles. The smallest absolute Gasteiger partial charge is 0.322 e. The molecule has 138 valence electrons. The molecule has 3 rings (SSSR count). The molecule has 0 bridgehead atoms. The number of amides is 2. The second-order valence-corrected chi connectivity index (χ2v) is 7.91. The normalized spacial score (nSPS) is 14.5. The van der Waals surface area contributed by atoms with E-state index in [1.54, 1.807) is 11.1 Å². The first-order valence-electron chi connectivity index (χ1n) is 8.92. The number of aromatic nitrogens is 2. The summed E-state index contributed by atoms with van der Waals surface area (Å²) in [5.41, 5.74) is 1.61. The van der Waals surface area contributed by atoms with Gasteiger partial charge in [-0.25, -0.2) is 9.78 Å². The van der Waals surface area contributed by atoms with Crippen LogP contribution in [0.3, 0.4) is 0 Å². The van der Waals surface area contributed by atoms with Gasteiger partial charge in [0.1, 0.15) is 0 Å². The number of thiazole rings is 1. The Balaban J connectivity index is 1.67. The highest BCUT2D eigenvalue weighted by molar-refractivity contribution is 7.17. The summed E-state index contributed by atoms with van der Waals surface area (Å²) < 4.78 is 0. The molecule has 26 heavy (non-hydrogen) atoms. The number of ketones is 1. The molecule has 0 aromatic carbocycles. The van der Waals surface area contributed by atoms with Crippen molar-refractivity contribution in [3.05, 3.63) is 40.7 Å². The van der Waals surface area contributed by atoms with Gasteiger partial charge < -0.3 is 4.90 Å². The Morgan fingerprint density at radius 2 is 2.12 bits per heavy atom. The number of anilines is 1. The van der Waals surface area contributed by atoms with Crippen LogP contribution in [0.2, 0.25) is 0 Å². The second kappa shape index (κ2) is 7.95. The Morgan fingerprint density at radius 1 is 1.31 bits per heavy atom. The third-order valence-corrected chi connectivity index (χ3v) is 5.51. The number of hydrogen-bond acceptors (Lipinski definition) is 5. The fourth-order valence-electron chi connectivity index (χ4n) is 3.03. The van der Waals surface area contributed by atoms with Crippen LogP contribution in [0.1, 0.15) is 41.3 Å². The van der Waals surface area contributed by atoms with Gasteiger partial charge in [-0.15, -0.1) is 0 Å². The lowest BCUT2D eigenvalue weighted by Crippen LogP contribution is -2.34. The fourth-order valence-corrected chi connectivity index (χ4v) is 4.08. The minimum Gasteiger partial charge on any atom is -0.322 e. The van der Waals surface area contributed by atoms with Crippen molar-refractivity contribution in [2.75, 3.05) is 24.5 Å². The Morgan fingerprint density at radius 3 is 2.81 bits per heavy atom. The van der Waals surface area contributed by atoms with Gasteiger partial charge in [-0.1, -0.05) is 31.3 Å². The molecule has 0 aliphatic carbocycles. The molecule has 1 saturated heterocycles. The van der Waals surface area contributed by atoms with E-state index in [4.69, 9.17) is 0 Å². The van der Waals surface area contributed by atoms with Crippen LogP contribution < -0.4 is 4.90 Å². The summed E-state index contributed by atoms with van der Waals surface area (Å²) in [5, 5.41) is 0.625. The predicted octanol–water partition coefficient (Wildman–Crippen LogP) is 3.56. The summed E-state index contributed by atoms with van der Waals surface area (Å²) >= 11 is 1.32. The van der Waals surface area contributed by atoms with Gasteiger partial charge in [0.15, 0.2) is 10.9 Å². The number of aryl methyl sites for hydroxylation is 2. The van der Waals surface area contributed by atoms with Gasteiger partial charge in [0.25, 0.3) is 0 Å². The molecule has 2 aromatic rings. The first-order chi connectivity index (χ1) is 12.5. The zero-order valence-electron chi connectivity index (χ0n) is 15.4. The lowest BCUT2D eigenvalue weighted by Gasteiger charge is -2.18. The van der Waals surface area contributed by atoms with Crippen LogP contribution in [0.15, 0.2) is 24.4 Å². The van der Waals surface area contributed by atoms with Gasteiger partial charge in [0, 0.05) is 37.9 Å². The van der Waals surface area contributed by atoms with Crippen molar-refractivity contribution in [2.45, 2.75) is 33.6 Å². The van der Waals surface area contributed by atoms with Crippen molar-refractivity contribution in [3.8, 4) is 0 Å². The average Bonchev–Trinajstić information content (AvgIpc) is 3.16. The van der Waals surface area contributed by atoms with E-state index < -0.39 is 0 Å². The van der Waals surface area contributed by atoms with Gasteiger partial charge in [-0.2, -0.15) is 0 Å². The molecule has 0 N–H and O–H groups in total. The number of carbonyl (C=O) groups excluding carboxylic acids is 2. The summed E-state index contributed by atoms with van der Waals surface area (Å²) in [7, 11) is 0. The summed E-state index contributed by atoms with van der Waals surface area (Å²) in [6.45, 7) is 8.11. The topological polar surface area (TPSA) is 66.4 Å². The van der Waals surface area contributed by atoms with Crippen LogP contribution in [0.4, 0.5) is 9.93 Å². The molecule has 1 aliphatic rings. The van der Waals surface area contributed by atoms with Crippen molar-refractivity contribution in [1.82, 2.24) is 14.9 Å². The summed E-state index contributed by atoms with van der Waals surface area (Å²) in [5.74, 6) is 0.489. The van der Waals surface area contributed by atoms with E-state index >= 15 is 0 Å². The highest BCUT2D eigenvalue weighted by Crippen LogP contribution is 2.30. The van der Waals surface area contributed by atoms with E-state index in [1.165, 1.54) is 11.3 Å². The van der Waals surface area contributed by atoms with Crippen LogP contribution in [0.5, 0.6) is 0 Å². The third kappa shape index (κ3) is 4.09. The van der Waals surface area contributed by atoms with Crippen LogP contribution in [-0.2, 0) is 6.42 Å². The molecule has 7 heteroatoms. The van der Waals surface area contributed by atoms with E-state index in [9.17, 15) is 9.59 Å². The summed E-state index contributed by atoms with van der Waals surface area (Å²) in [4.78, 5) is 38.1. The van der Waals surface area contributed by atoms with Crippen LogP contribution in [0, 0.1) is 12.8 Å². The zero-order chi connectivity index (χ0) is 18.7. The maximum Gasteiger partial charge on any atom is 0.326 e. The highest BCUT2D eigenvalue weighted by Gasteiger charge is 2.32. The molecule has 3 heterocycles. The van der Waals surface area contributed by atoms with Gasteiger partial charge in [-0.05, 0) is 31.4 Å². The summed E-state index contributed by atoms with van der Waals surface area (Å²) in [6.07, 6.45) is 2.74. The number of nitrogens with zero attached hydrogens (tertiary/aromatic N) is 4. The lowest BCUT2D eigenvalue weighted by atomic mass is 10.1. The third-order valence-electron chi connectivity index (χ3n) is 4.28. The van der Waals surface area contributed by atoms with E-state index in [0.29, 0.717) is 47.6 Å². The number of Topliss-reactive ketones (excluding diaryl/α,β-unsaturated/α-hetero) is 1. The molecule has 0 spiro atoms. The van der Waals surface area contributed by atoms with Crippen molar-refractivity contribution in [3.63, 3.8) is 0 Å². The predicted molar refractivity (Wildman–Crippen MR) is 103 cm³/mol. The Kier molecular flexibility index (Phi) is 5.66. The molecule has 1 fully saturated rings. The molecular weight excluding hydrogens is 348 g/mol. The molecule has 0 saturated carbocycles. The highest BCUT2D eigenvalue weighted by atomic mass is 32.1. The van der Waals surface area contributed by atoms with E-state index in [-0.39, 0.29) is 11.8 Å². The van der Waals surface area contributed by atoms with E-state index in [1.807, 2.05) is 30.0 Å². The Bertz CT molecular complexity index is 788. The van der Waals surface area contributed by atoms with Crippen LogP contribution in [0.25, 0.3) is 0 Å². The quantitative estimate of drug-likeness (QED) is 0.697. The van der Waals surface area contributed by atoms with E-state index in [0.717, 1.165) is 12.2 Å². The average molecular weight is 372 g/mol. The lowest BCUT2D eigenvalue weighted by molar-refractivity contribution is 0.0985. The molecule has 0 unspecified atom stereocenters.